The van der Waals surface area contributed by atoms with Crippen LogP contribution in [0.2, 0.25) is 0 Å². The van der Waals surface area contributed by atoms with E-state index in [0.717, 1.165) is 11.5 Å². The van der Waals surface area contributed by atoms with Gasteiger partial charge in [-0.3, -0.25) is 4.18 Å². The van der Waals surface area contributed by atoms with Gasteiger partial charge >= 0.3 is 29.6 Å². The zero-order valence-electron chi connectivity index (χ0n) is 12.4. The Kier molecular flexibility index (Phi) is 8.61. The van der Waals surface area contributed by atoms with Crippen molar-refractivity contribution in [2.45, 2.75) is 25.6 Å². The molecular weight excluding hydrogens is 315 g/mol. The van der Waals surface area contributed by atoms with Gasteiger partial charge in [-0.1, -0.05) is 0 Å². The first kappa shape index (κ1) is 18.4. The van der Waals surface area contributed by atoms with Crippen molar-refractivity contribution in [1.82, 2.24) is 0 Å². The summed E-state index contributed by atoms with van der Waals surface area (Å²) in [5.41, 5.74) is 0. The third-order valence-electron chi connectivity index (χ3n) is 2.53. The quantitative estimate of drug-likeness (QED) is 0.348. The molecule has 0 aliphatic carbocycles. The number of fused-ring (bicyclic) bond motifs is 1. The van der Waals surface area contributed by atoms with Crippen LogP contribution in [0.3, 0.4) is 0 Å². The minimum absolute atomic E-state index is 0. The van der Waals surface area contributed by atoms with Gasteiger partial charge in [-0.25, -0.2) is 4.21 Å². The maximum absolute atomic E-state index is 10.3. The van der Waals surface area contributed by atoms with Gasteiger partial charge in [0.2, 0.25) is 0 Å². The van der Waals surface area contributed by atoms with Gasteiger partial charge < -0.3 is 20.2 Å². The minimum atomic E-state index is -2.47. The molecule has 2 rings (SSSR count). The number of hydrogen-bond acceptors (Lipinski definition) is 7. The van der Waals surface area contributed by atoms with Crippen LogP contribution in [0, 0.1) is 0 Å². The van der Waals surface area contributed by atoms with Gasteiger partial charge in [-0.15, -0.1) is 11.3 Å². The summed E-state index contributed by atoms with van der Waals surface area (Å²) in [7, 11) is 0. The molecule has 0 spiro atoms. The second-order valence-corrected chi connectivity index (χ2v) is 5.47. The Balaban J connectivity index is 0.00000200. The van der Waals surface area contributed by atoms with Crippen LogP contribution >= 0.6 is 11.3 Å². The van der Waals surface area contributed by atoms with Crippen molar-refractivity contribution < 1.29 is 58.1 Å². The molecule has 3 atom stereocenters. The van der Waals surface area contributed by atoms with Crippen molar-refractivity contribution in [2.24, 2.45) is 0 Å². The van der Waals surface area contributed by atoms with E-state index < -0.39 is 11.4 Å². The summed E-state index contributed by atoms with van der Waals surface area (Å²) >= 11 is -0.945. The molecular formula is C11H16NaO6S2-. The van der Waals surface area contributed by atoms with E-state index in [-0.39, 0.29) is 43.2 Å². The average Bonchev–Trinajstić information content (AvgIpc) is 2.81. The van der Waals surface area contributed by atoms with Crippen LogP contribution in [0.25, 0.3) is 0 Å². The maximum Gasteiger partial charge on any atom is 1.00 e. The van der Waals surface area contributed by atoms with Gasteiger partial charge in [0.25, 0.3) is 0 Å². The Hall–Kier alpha value is 0.330. The van der Waals surface area contributed by atoms with Gasteiger partial charge in [0, 0.05) is 17.4 Å². The number of rotatable bonds is 7. The molecule has 20 heavy (non-hydrogen) atoms. The summed E-state index contributed by atoms with van der Waals surface area (Å²) in [6.45, 7) is 2.95. The Morgan fingerprint density at radius 1 is 1.60 bits per heavy atom. The molecule has 0 radical (unpaired) electrons. The number of ether oxygens (including phenoxy) is 3. The molecule has 9 heteroatoms. The summed E-state index contributed by atoms with van der Waals surface area (Å²) < 4.78 is 41.7. The van der Waals surface area contributed by atoms with E-state index in [9.17, 15) is 8.76 Å². The molecule has 0 saturated heterocycles. The van der Waals surface area contributed by atoms with Crippen molar-refractivity contribution in [2.75, 3.05) is 19.8 Å². The van der Waals surface area contributed by atoms with Gasteiger partial charge in [0.15, 0.2) is 17.6 Å². The number of hydrogen-bond donors (Lipinski definition) is 0. The van der Waals surface area contributed by atoms with Gasteiger partial charge in [-0.05, 0) is 13.3 Å². The minimum Gasteiger partial charge on any atom is -1.00 e. The molecule has 1 aromatic heterocycles. The first-order chi connectivity index (χ1) is 9.15. The topological polar surface area (TPSA) is 77.0 Å². The Bertz CT molecular complexity index is 433. The normalized spacial score (nSPS) is 20.0. The monoisotopic (exact) mass is 331 g/mol. The fraction of sp³-hybridized carbons (Fsp3) is 0.636. The summed E-state index contributed by atoms with van der Waals surface area (Å²) in [6.07, 6.45) is -0.0112. The zero-order valence-corrected chi connectivity index (χ0v) is 15.0. The molecule has 0 aromatic carbocycles. The summed E-state index contributed by atoms with van der Waals surface area (Å²) in [6, 6.07) is 0. The van der Waals surface area contributed by atoms with Crippen molar-refractivity contribution in [3.63, 3.8) is 0 Å². The third-order valence-corrected chi connectivity index (χ3v) is 3.71. The SMILES string of the molecule is CC(CCOCC1COc2cscc2O1)OS(=O)[O-].[H-].[Na+]. The molecule has 2 heterocycles. The molecule has 1 aliphatic rings. The first-order valence-electron chi connectivity index (χ1n) is 5.85. The summed E-state index contributed by atoms with van der Waals surface area (Å²) in [5, 5.41) is 3.79. The Morgan fingerprint density at radius 2 is 2.35 bits per heavy atom. The molecule has 0 saturated carbocycles. The molecule has 0 amide bonds. The van der Waals surface area contributed by atoms with E-state index in [1.165, 1.54) is 11.3 Å². The second kappa shape index (κ2) is 9.37. The van der Waals surface area contributed by atoms with Crippen molar-refractivity contribution in [1.29, 1.82) is 0 Å². The van der Waals surface area contributed by atoms with E-state index in [4.69, 9.17) is 14.2 Å². The van der Waals surface area contributed by atoms with Gasteiger partial charge in [0.1, 0.15) is 6.61 Å². The predicted octanol–water partition coefficient (Wildman–Crippen LogP) is -1.39. The van der Waals surface area contributed by atoms with Crippen LogP contribution < -0.4 is 39.0 Å². The predicted molar refractivity (Wildman–Crippen MR) is 70.2 cm³/mol. The van der Waals surface area contributed by atoms with Crippen LogP contribution in [-0.4, -0.2) is 40.8 Å². The van der Waals surface area contributed by atoms with Crippen molar-refractivity contribution >= 4 is 22.7 Å². The van der Waals surface area contributed by atoms with Crippen LogP contribution in [0.5, 0.6) is 11.5 Å². The standard InChI is InChI=1S/C11H16O6S2.Na.H/c1-8(17-19(12)13)2-3-14-4-9-5-15-10-6-18-7-11(10)16-9;;/h6-9H,2-5H2,1H3,(H,12,13);;/q;+1;-1/p-1. The van der Waals surface area contributed by atoms with E-state index in [1.54, 1.807) is 6.92 Å². The largest absolute Gasteiger partial charge is 1.00 e. The van der Waals surface area contributed by atoms with Crippen molar-refractivity contribution in [3.8, 4) is 11.5 Å². The average molecular weight is 331 g/mol. The van der Waals surface area contributed by atoms with E-state index in [0.29, 0.717) is 26.2 Å². The Morgan fingerprint density at radius 3 is 3.10 bits per heavy atom. The molecule has 1 aliphatic heterocycles. The maximum atomic E-state index is 10.3. The number of thiophene rings is 1. The van der Waals surface area contributed by atoms with Crippen LogP contribution in [0.1, 0.15) is 14.8 Å². The summed E-state index contributed by atoms with van der Waals surface area (Å²) in [5.74, 6) is 1.53. The molecule has 3 unspecified atom stereocenters. The third kappa shape index (κ3) is 5.98. The van der Waals surface area contributed by atoms with E-state index >= 15 is 0 Å². The molecule has 110 valence electrons. The van der Waals surface area contributed by atoms with Crippen LogP contribution in [0.4, 0.5) is 0 Å². The van der Waals surface area contributed by atoms with Crippen molar-refractivity contribution in [3.05, 3.63) is 10.8 Å². The second-order valence-electron chi connectivity index (χ2n) is 4.13. The molecule has 0 N–H and O–H groups in total. The first-order valence-corrected chi connectivity index (χ1v) is 7.79. The molecule has 6 nitrogen and oxygen atoms in total. The fourth-order valence-corrected chi connectivity index (χ4v) is 2.63. The smallest absolute Gasteiger partial charge is 1.00 e. The zero-order chi connectivity index (χ0) is 13.7. The molecule has 1 aromatic rings. The van der Waals surface area contributed by atoms with E-state index in [1.807, 2.05) is 10.8 Å². The van der Waals surface area contributed by atoms with Crippen LogP contribution in [0.15, 0.2) is 10.8 Å². The Labute approximate surface area is 148 Å². The van der Waals surface area contributed by atoms with Gasteiger partial charge in [-0.2, -0.15) is 0 Å². The van der Waals surface area contributed by atoms with E-state index in [2.05, 4.69) is 4.18 Å². The molecule has 0 fully saturated rings. The molecule has 0 bridgehead atoms. The van der Waals surface area contributed by atoms with Crippen LogP contribution in [-0.2, 0) is 20.3 Å². The fourth-order valence-electron chi connectivity index (χ4n) is 1.59. The van der Waals surface area contributed by atoms with Gasteiger partial charge in [0.05, 0.1) is 24.1 Å². The summed E-state index contributed by atoms with van der Waals surface area (Å²) in [4.78, 5) is 0.